The van der Waals surface area contributed by atoms with Crippen LogP contribution in [-0.2, 0) is 35.2 Å². The molecular formula is C28H42N6O6S. The Morgan fingerprint density at radius 1 is 1.02 bits per heavy atom. The normalized spacial score (nSPS) is 16.3. The molecule has 1 saturated heterocycles. The molecule has 1 fully saturated rings. The van der Waals surface area contributed by atoms with E-state index in [-0.39, 0.29) is 62.5 Å². The number of carbonyl (C=O) groups is 6. The SMILES string of the molecule is CNC(=O)CCSC1CC(=O)N(CCCNC(=O)[C@H](CC(C)C)NC(=O)[C@H](Cc2ccccc2)NC(=O)CN)C1=O. The summed E-state index contributed by atoms with van der Waals surface area (Å²) < 4.78 is 0. The Balaban J connectivity index is 1.90. The van der Waals surface area contributed by atoms with Crippen molar-refractivity contribution in [1.82, 2.24) is 26.2 Å². The number of thioether (sulfide) groups is 1. The third-order valence-corrected chi connectivity index (χ3v) is 7.66. The van der Waals surface area contributed by atoms with Gasteiger partial charge in [-0.15, -0.1) is 11.8 Å². The largest absolute Gasteiger partial charge is 0.359 e. The molecule has 13 heteroatoms. The lowest BCUT2D eigenvalue weighted by Crippen LogP contribution is -2.55. The minimum atomic E-state index is -0.912. The van der Waals surface area contributed by atoms with Crippen LogP contribution in [0, 0.1) is 5.92 Å². The number of benzene rings is 1. The van der Waals surface area contributed by atoms with Crippen molar-refractivity contribution in [3.63, 3.8) is 0 Å². The molecule has 12 nitrogen and oxygen atoms in total. The number of nitrogens with two attached hydrogens (primary N) is 1. The topological polar surface area (TPSA) is 180 Å². The van der Waals surface area contributed by atoms with Gasteiger partial charge in [0, 0.05) is 45.2 Å². The van der Waals surface area contributed by atoms with Crippen LogP contribution in [0.25, 0.3) is 0 Å². The van der Waals surface area contributed by atoms with Crippen molar-refractivity contribution in [2.24, 2.45) is 11.7 Å². The van der Waals surface area contributed by atoms with Crippen LogP contribution in [0.1, 0.15) is 45.1 Å². The quantitative estimate of drug-likeness (QED) is 0.121. The summed E-state index contributed by atoms with van der Waals surface area (Å²) in [7, 11) is 1.54. The van der Waals surface area contributed by atoms with Gasteiger partial charge in [0.1, 0.15) is 12.1 Å². The minimum Gasteiger partial charge on any atom is -0.359 e. The van der Waals surface area contributed by atoms with Crippen LogP contribution in [0.3, 0.4) is 0 Å². The van der Waals surface area contributed by atoms with Crippen LogP contribution in [0.5, 0.6) is 0 Å². The molecule has 1 heterocycles. The maximum atomic E-state index is 13.2. The average molecular weight is 591 g/mol. The van der Waals surface area contributed by atoms with E-state index in [0.29, 0.717) is 18.6 Å². The number of hydrogen-bond donors (Lipinski definition) is 5. The van der Waals surface area contributed by atoms with Crippen molar-refractivity contribution < 1.29 is 28.8 Å². The Labute approximate surface area is 245 Å². The number of likely N-dealkylation sites (tertiary alicyclic amines) is 1. The Kier molecular flexibility index (Phi) is 14.3. The monoisotopic (exact) mass is 590 g/mol. The molecule has 3 atom stereocenters. The molecule has 0 radical (unpaired) electrons. The molecule has 0 spiro atoms. The van der Waals surface area contributed by atoms with Crippen LogP contribution in [0.4, 0.5) is 0 Å². The van der Waals surface area contributed by atoms with Gasteiger partial charge in [0.2, 0.25) is 35.4 Å². The molecule has 0 aliphatic carbocycles. The van der Waals surface area contributed by atoms with E-state index in [1.165, 1.54) is 16.7 Å². The molecule has 6 amide bonds. The summed E-state index contributed by atoms with van der Waals surface area (Å²) in [5.41, 5.74) is 6.28. The molecule has 0 saturated carbocycles. The van der Waals surface area contributed by atoms with Gasteiger partial charge in [-0.3, -0.25) is 33.7 Å². The van der Waals surface area contributed by atoms with Crippen molar-refractivity contribution in [2.45, 2.75) is 63.3 Å². The van der Waals surface area contributed by atoms with Gasteiger partial charge in [0.25, 0.3) is 0 Å². The summed E-state index contributed by atoms with van der Waals surface area (Å²) in [4.78, 5) is 75.8. The first kappa shape index (κ1) is 33.8. The zero-order valence-electron chi connectivity index (χ0n) is 23.9. The number of carbonyl (C=O) groups excluding carboxylic acids is 6. The smallest absolute Gasteiger partial charge is 0.243 e. The van der Waals surface area contributed by atoms with Crippen LogP contribution in [0.2, 0.25) is 0 Å². The summed E-state index contributed by atoms with van der Waals surface area (Å²) in [5.74, 6) is -1.51. The van der Waals surface area contributed by atoms with Crippen molar-refractivity contribution in [3.05, 3.63) is 35.9 Å². The van der Waals surface area contributed by atoms with Gasteiger partial charge in [-0.25, -0.2) is 0 Å². The number of rotatable bonds is 17. The predicted molar refractivity (Wildman–Crippen MR) is 156 cm³/mol. The van der Waals surface area contributed by atoms with Gasteiger partial charge in [-0.05, 0) is 24.3 Å². The number of nitrogens with one attached hydrogen (secondary N) is 4. The van der Waals surface area contributed by atoms with Crippen LogP contribution in [-0.4, -0.2) is 90.1 Å². The molecule has 2 rings (SSSR count). The molecule has 0 aromatic heterocycles. The fraction of sp³-hybridized carbons (Fsp3) is 0.571. The zero-order valence-corrected chi connectivity index (χ0v) is 24.8. The molecule has 0 bridgehead atoms. The molecule has 1 aliphatic rings. The third kappa shape index (κ3) is 11.5. The Hall–Kier alpha value is -3.45. The van der Waals surface area contributed by atoms with E-state index in [1.807, 2.05) is 44.2 Å². The maximum absolute atomic E-state index is 13.2. The summed E-state index contributed by atoms with van der Waals surface area (Å²) in [6.07, 6.45) is 1.32. The maximum Gasteiger partial charge on any atom is 0.243 e. The molecule has 1 aromatic carbocycles. The molecule has 6 N–H and O–H groups in total. The lowest BCUT2D eigenvalue weighted by molar-refractivity contribution is -0.138. The highest BCUT2D eigenvalue weighted by atomic mass is 32.2. The number of nitrogens with zero attached hydrogens (tertiary/aromatic N) is 1. The Morgan fingerprint density at radius 2 is 1.73 bits per heavy atom. The molecule has 41 heavy (non-hydrogen) atoms. The molecule has 1 aliphatic heterocycles. The van der Waals surface area contributed by atoms with Crippen molar-refractivity contribution in [2.75, 3.05) is 32.4 Å². The van der Waals surface area contributed by atoms with Gasteiger partial charge in [-0.2, -0.15) is 0 Å². The van der Waals surface area contributed by atoms with E-state index in [9.17, 15) is 28.8 Å². The third-order valence-electron chi connectivity index (χ3n) is 6.45. The highest BCUT2D eigenvalue weighted by molar-refractivity contribution is 8.00. The van der Waals surface area contributed by atoms with Gasteiger partial charge in [0.15, 0.2) is 0 Å². The Morgan fingerprint density at radius 3 is 2.37 bits per heavy atom. The van der Waals surface area contributed by atoms with E-state index in [0.717, 1.165) is 5.56 Å². The second kappa shape index (κ2) is 17.4. The zero-order chi connectivity index (χ0) is 30.4. The first-order valence-electron chi connectivity index (χ1n) is 13.8. The van der Waals surface area contributed by atoms with Crippen LogP contribution < -0.4 is 27.0 Å². The molecular weight excluding hydrogens is 548 g/mol. The van der Waals surface area contributed by atoms with Gasteiger partial charge < -0.3 is 27.0 Å². The lowest BCUT2D eigenvalue weighted by atomic mass is 10.0. The Bertz CT molecular complexity index is 1070. The first-order chi connectivity index (χ1) is 19.5. The summed E-state index contributed by atoms with van der Waals surface area (Å²) in [6, 6.07) is 7.45. The number of imide groups is 1. The van der Waals surface area contributed by atoms with Gasteiger partial charge in [0.05, 0.1) is 11.8 Å². The highest BCUT2D eigenvalue weighted by Gasteiger charge is 2.38. The molecule has 1 aromatic rings. The van der Waals surface area contributed by atoms with E-state index < -0.39 is 35.1 Å². The average Bonchev–Trinajstić information content (AvgIpc) is 3.21. The van der Waals surface area contributed by atoms with Crippen molar-refractivity contribution in [1.29, 1.82) is 0 Å². The lowest BCUT2D eigenvalue weighted by Gasteiger charge is -2.24. The predicted octanol–water partition coefficient (Wildman–Crippen LogP) is -0.293. The van der Waals surface area contributed by atoms with Crippen LogP contribution in [0.15, 0.2) is 30.3 Å². The fourth-order valence-electron chi connectivity index (χ4n) is 4.30. The number of amides is 6. The summed E-state index contributed by atoms with van der Waals surface area (Å²) in [5, 5.41) is 10.2. The second-order valence-electron chi connectivity index (χ2n) is 10.2. The first-order valence-corrected chi connectivity index (χ1v) is 14.9. The standard InChI is InChI=1S/C28H42N6O6S/c1-18(2)14-20(33-27(39)21(32-24(36)17-29)15-19-8-5-4-6-9-19)26(38)31-11-7-12-34-25(37)16-22(28(34)40)41-13-10-23(35)30-3/h4-6,8-9,18,20-22H,7,10-17,29H2,1-3H3,(H,30,35)(H,31,38)(H,32,36)(H,33,39)/t20-,21-,22?/m0/s1. The van der Waals surface area contributed by atoms with E-state index in [2.05, 4.69) is 21.3 Å². The minimum absolute atomic E-state index is 0.0925. The van der Waals surface area contributed by atoms with Gasteiger partial charge in [-0.1, -0.05) is 44.2 Å². The molecule has 1 unspecified atom stereocenters. The van der Waals surface area contributed by atoms with Crippen molar-refractivity contribution in [3.8, 4) is 0 Å². The second-order valence-corrected chi connectivity index (χ2v) is 11.5. The van der Waals surface area contributed by atoms with E-state index >= 15 is 0 Å². The highest BCUT2D eigenvalue weighted by Crippen LogP contribution is 2.25. The summed E-state index contributed by atoms with van der Waals surface area (Å²) in [6.45, 7) is 3.95. The fourth-order valence-corrected chi connectivity index (χ4v) is 5.41. The van der Waals surface area contributed by atoms with Crippen molar-refractivity contribution >= 4 is 47.2 Å². The van der Waals surface area contributed by atoms with E-state index in [1.54, 1.807) is 7.05 Å². The van der Waals surface area contributed by atoms with E-state index in [4.69, 9.17) is 5.73 Å². The number of hydrogen-bond acceptors (Lipinski definition) is 8. The van der Waals surface area contributed by atoms with Crippen LogP contribution >= 0.6 is 11.8 Å². The summed E-state index contributed by atoms with van der Waals surface area (Å²) >= 11 is 1.29. The molecule has 226 valence electrons. The van der Waals surface area contributed by atoms with Gasteiger partial charge >= 0.3 is 0 Å².